The second kappa shape index (κ2) is 67.6. The van der Waals surface area contributed by atoms with E-state index in [0.29, 0.717) is 0 Å². The molecule has 0 spiro atoms. The van der Waals surface area contributed by atoms with Gasteiger partial charge in [-0.3, -0.25) is 9.00 Å². The summed E-state index contributed by atoms with van der Waals surface area (Å²) in [6, 6.07) is -0.816. The zero-order chi connectivity index (χ0) is 9.44. The second-order valence-corrected chi connectivity index (χ2v) is 2.10. The molecule has 0 aliphatic rings. The number of aliphatic carboxylic acids is 1. The normalized spacial score (nSPS) is 6.14. The molecule has 0 unspecified atom stereocenters. The molecule has 0 bridgehead atoms. The number of carboxylic acid groups (broad SMARTS) is 1. The molecule has 18 heteroatoms. The van der Waals surface area contributed by atoms with Crippen molar-refractivity contribution in [2.24, 2.45) is 5.73 Å². The van der Waals surface area contributed by atoms with Gasteiger partial charge in [0.25, 0.3) is 0 Å². The third-order valence-corrected chi connectivity index (χ3v) is 0.907. The molecule has 1 atom stereocenters. The van der Waals surface area contributed by atoms with Gasteiger partial charge >= 0.3 is 65.1 Å². The number of carboxylic acids is 1. The van der Waals surface area contributed by atoms with Crippen LogP contribution in [0.25, 0.3) is 0 Å². The molecule has 132 valence electrons. The fraction of sp³-hybridized carbons (Fsp3) is 0.667. The number of hydrogen-bond donors (Lipinski definition) is 3. The van der Waals surface area contributed by atoms with Crippen molar-refractivity contribution >= 4 is 42.4 Å². The Hall–Kier alpha value is 1.86. The maximum Gasteiger partial charge on any atom is 1.00 e. The van der Waals surface area contributed by atoms with Gasteiger partial charge in [-0.15, -0.1) is 23.8 Å². The van der Waals surface area contributed by atoms with E-state index in [4.69, 9.17) is 24.2 Å². The van der Waals surface area contributed by atoms with E-state index < -0.39 is 23.4 Å². The smallest absolute Gasteiger partial charge is 0.784 e. The topological polar surface area (TPSA) is 347 Å². The maximum absolute atomic E-state index is 9.76. The van der Waals surface area contributed by atoms with Crippen LogP contribution in [0.3, 0.4) is 0 Å². The van der Waals surface area contributed by atoms with Crippen molar-refractivity contribution in [2.45, 2.75) is 6.04 Å². The summed E-state index contributed by atoms with van der Waals surface area (Å²) in [5, 5.41) is 8.01. The van der Waals surface area contributed by atoms with Gasteiger partial charge in [-0.1, -0.05) is 0 Å². The van der Waals surface area contributed by atoms with Gasteiger partial charge < -0.3 is 58.3 Å². The van der Waals surface area contributed by atoms with E-state index in [1.807, 2.05) is 0 Å². The van der Waals surface area contributed by atoms with Crippen LogP contribution in [-0.4, -0.2) is 74.5 Å². The Labute approximate surface area is 179 Å². The summed E-state index contributed by atoms with van der Waals surface area (Å²) >= 11 is 0.538. The van der Waals surface area contributed by atoms with Crippen LogP contribution in [-0.2, 0) is 16.2 Å². The van der Waals surface area contributed by atoms with Crippen molar-refractivity contribution in [3.05, 3.63) is 0 Å². The predicted octanol–water partition coefficient (Wildman–Crippen LogP) is -13.0. The van der Waals surface area contributed by atoms with Crippen molar-refractivity contribution in [2.75, 3.05) is 5.75 Å². The molecule has 0 aromatic rings. The van der Waals surface area contributed by atoms with E-state index in [0.717, 1.165) is 0 Å². The second-order valence-electron chi connectivity index (χ2n) is 1.33. The van der Waals surface area contributed by atoms with E-state index in [1.54, 1.807) is 0 Å². The third kappa shape index (κ3) is 140. The average molecular weight is 410 g/mol. The van der Waals surface area contributed by atoms with E-state index >= 15 is 0 Å². The Morgan fingerprint density at radius 2 is 1.19 bits per heavy atom. The largest absolute Gasteiger partial charge is 1.00 e. The van der Waals surface area contributed by atoms with Crippen LogP contribution in [0.2, 0.25) is 0 Å². The standard InChI is InChI=1S/C3H7NO2S.ClH.2Na.H2O3S.7H2O/c4-2(1-7)3(5)6;;;;1-4(2)3;;;;;;;/h2,7H,1,4H2,(H,5,6);1H;;;(H2,1,2,3);7*1H2/q;;2*+1;;;;;;;;/p-2/t2-;;;;;;;;;;;/m0.........../s1. The molecule has 0 radical (unpaired) electrons. The molecule has 0 fully saturated rings. The third-order valence-electron chi connectivity index (χ3n) is 0.514. The average Bonchev–Trinajstić information content (AvgIpc) is 1.85. The first-order chi connectivity index (χ1) is 4.91. The number of thiol groups is 1. The molecule has 0 heterocycles. The fourth-order valence-electron chi connectivity index (χ4n) is 0.0781. The minimum absolute atomic E-state index is 0. The van der Waals surface area contributed by atoms with Gasteiger partial charge in [0.05, 0.1) is 0 Å². The first kappa shape index (κ1) is 92.6. The molecule has 13 nitrogen and oxygen atoms in total. The van der Waals surface area contributed by atoms with Gasteiger partial charge in [-0.25, -0.2) is 0 Å². The quantitative estimate of drug-likeness (QED) is 0.225. The molecule has 0 aromatic carbocycles. The SMILES string of the molecule is Cl.N[C@@H](CS)C(=O)O.O.O.O.O.O.O.O.O=S([O-])[O-].[Na+].[Na+]. The zero-order valence-electron chi connectivity index (χ0n) is 11.2. The molecular weight excluding hydrogens is 388 g/mol. The van der Waals surface area contributed by atoms with E-state index in [-0.39, 0.29) is 116 Å². The maximum atomic E-state index is 9.76. The summed E-state index contributed by atoms with van der Waals surface area (Å²) < 4.78 is 25.3. The molecule has 0 saturated carbocycles. The molecular formula is C3H22ClNNa2O12S2. The van der Waals surface area contributed by atoms with Crippen LogP contribution < -0.4 is 64.8 Å². The van der Waals surface area contributed by atoms with Gasteiger partial charge in [0, 0.05) is 5.75 Å². The van der Waals surface area contributed by atoms with E-state index in [2.05, 4.69) is 12.6 Å². The van der Waals surface area contributed by atoms with Gasteiger partial charge in [0.2, 0.25) is 0 Å². The number of hydrogen-bond acceptors (Lipinski definition) is 6. The Balaban J connectivity index is -0.00000000545. The minimum atomic E-state index is -3.11. The Bertz CT molecular complexity index is 156. The first-order valence-electron chi connectivity index (χ1n) is 2.27. The molecule has 17 N–H and O–H groups in total. The zero-order valence-corrected chi connectivity index (χ0v) is 17.7. The van der Waals surface area contributed by atoms with Crippen LogP contribution in [0.5, 0.6) is 0 Å². The number of carbonyl (C=O) groups is 1. The number of nitrogens with two attached hydrogens (primary N) is 1. The van der Waals surface area contributed by atoms with Crippen molar-refractivity contribution in [3.63, 3.8) is 0 Å². The van der Waals surface area contributed by atoms with Crippen molar-refractivity contribution in [3.8, 4) is 0 Å². The fourth-order valence-corrected chi connectivity index (χ4v) is 0.234. The summed E-state index contributed by atoms with van der Waals surface area (Å²) in [7, 11) is 0. The molecule has 0 aliphatic carbocycles. The summed E-state index contributed by atoms with van der Waals surface area (Å²) in [4.78, 5) is 9.76. The molecule has 0 saturated heterocycles. The van der Waals surface area contributed by atoms with Gasteiger partial charge in [0.1, 0.15) is 6.04 Å². The summed E-state index contributed by atoms with van der Waals surface area (Å²) in [6.07, 6.45) is 0. The van der Waals surface area contributed by atoms with Crippen LogP contribution in [0.1, 0.15) is 0 Å². The minimum Gasteiger partial charge on any atom is -0.784 e. The molecule has 0 amide bonds. The van der Waals surface area contributed by atoms with Crippen molar-refractivity contribution < 1.29 is 121 Å². The monoisotopic (exact) mass is 409 g/mol. The molecule has 0 aromatic heterocycles. The first-order valence-corrected chi connectivity index (χ1v) is 3.91. The Morgan fingerprint density at radius 1 is 1.05 bits per heavy atom. The molecule has 21 heavy (non-hydrogen) atoms. The summed E-state index contributed by atoms with van der Waals surface area (Å²) in [5.41, 5.74) is 4.94. The van der Waals surface area contributed by atoms with Crippen molar-refractivity contribution in [1.82, 2.24) is 0 Å². The Kier molecular flexibility index (Phi) is 298. The van der Waals surface area contributed by atoms with Crippen LogP contribution >= 0.6 is 25.0 Å². The van der Waals surface area contributed by atoms with Gasteiger partial charge in [-0.2, -0.15) is 12.6 Å². The van der Waals surface area contributed by atoms with Crippen LogP contribution in [0.15, 0.2) is 0 Å². The van der Waals surface area contributed by atoms with Crippen LogP contribution in [0.4, 0.5) is 0 Å². The molecule has 0 aliphatic heterocycles. The van der Waals surface area contributed by atoms with E-state index in [9.17, 15) is 4.79 Å². The van der Waals surface area contributed by atoms with Crippen LogP contribution in [0, 0.1) is 0 Å². The van der Waals surface area contributed by atoms with Crippen molar-refractivity contribution in [1.29, 1.82) is 0 Å². The predicted molar refractivity (Wildman–Crippen MR) is 71.7 cm³/mol. The van der Waals surface area contributed by atoms with Gasteiger partial charge in [0.15, 0.2) is 0 Å². The van der Waals surface area contributed by atoms with E-state index in [1.165, 1.54) is 0 Å². The molecule has 0 rings (SSSR count). The number of halogens is 1. The summed E-state index contributed by atoms with van der Waals surface area (Å²) in [6.45, 7) is 0. The van der Waals surface area contributed by atoms with Gasteiger partial charge in [-0.05, 0) is 0 Å². The Morgan fingerprint density at radius 3 is 1.19 bits per heavy atom. The summed E-state index contributed by atoms with van der Waals surface area (Å²) in [5.74, 6) is -0.815. The number of rotatable bonds is 2.